The second kappa shape index (κ2) is 7.51. The number of nitrogens with one attached hydrogen (secondary N) is 1. The van der Waals surface area contributed by atoms with E-state index < -0.39 is 0 Å². The van der Waals surface area contributed by atoms with Crippen LogP contribution in [0, 0.1) is 0 Å². The maximum absolute atomic E-state index is 3.82. The normalized spacial score (nSPS) is 24.2. The zero-order valence-electron chi connectivity index (χ0n) is 13.4. The van der Waals surface area contributed by atoms with Gasteiger partial charge < -0.3 is 5.32 Å². The van der Waals surface area contributed by atoms with Gasteiger partial charge in [0.05, 0.1) is 0 Å². The summed E-state index contributed by atoms with van der Waals surface area (Å²) in [4.78, 5) is 0. The molecule has 2 heteroatoms. The SMILES string of the molecule is CCSC1CCC(NC(C)c2ccc(C(C)C)cc2)C1. The average molecular weight is 292 g/mol. The van der Waals surface area contributed by atoms with Gasteiger partial charge in [0.2, 0.25) is 0 Å². The smallest absolute Gasteiger partial charge is 0.0294 e. The Bertz CT molecular complexity index is 398. The van der Waals surface area contributed by atoms with Gasteiger partial charge in [-0.3, -0.25) is 0 Å². The molecule has 2 rings (SSSR count). The van der Waals surface area contributed by atoms with E-state index in [0.29, 0.717) is 18.0 Å². The summed E-state index contributed by atoms with van der Waals surface area (Å²) in [5, 5.41) is 4.70. The molecule has 0 heterocycles. The molecule has 1 aromatic rings. The van der Waals surface area contributed by atoms with Crippen LogP contribution in [0.25, 0.3) is 0 Å². The summed E-state index contributed by atoms with van der Waals surface area (Å²) in [7, 11) is 0. The average Bonchev–Trinajstić information content (AvgIpc) is 2.86. The van der Waals surface area contributed by atoms with E-state index in [1.54, 1.807) is 0 Å². The minimum atomic E-state index is 0.464. The number of hydrogen-bond acceptors (Lipinski definition) is 2. The van der Waals surface area contributed by atoms with Crippen molar-refractivity contribution in [3.8, 4) is 0 Å². The van der Waals surface area contributed by atoms with Crippen molar-refractivity contribution < 1.29 is 0 Å². The molecule has 1 aliphatic rings. The molecule has 1 nitrogen and oxygen atoms in total. The minimum Gasteiger partial charge on any atom is -0.307 e. The van der Waals surface area contributed by atoms with Crippen molar-refractivity contribution in [1.82, 2.24) is 5.32 Å². The summed E-state index contributed by atoms with van der Waals surface area (Å²) >= 11 is 2.13. The Labute approximate surface area is 128 Å². The fourth-order valence-corrected chi connectivity index (χ4v) is 4.24. The van der Waals surface area contributed by atoms with E-state index in [1.807, 2.05) is 0 Å². The molecule has 0 aliphatic heterocycles. The van der Waals surface area contributed by atoms with Crippen LogP contribution in [0.2, 0.25) is 0 Å². The van der Waals surface area contributed by atoms with Crippen molar-refractivity contribution in [2.24, 2.45) is 0 Å². The molecule has 0 amide bonds. The first-order valence-electron chi connectivity index (χ1n) is 8.07. The first-order chi connectivity index (χ1) is 9.60. The first-order valence-corrected chi connectivity index (χ1v) is 9.12. The Hall–Kier alpha value is -0.470. The van der Waals surface area contributed by atoms with Crippen molar-refractivity contribution in [2.45, 2.75) is 70.2 Å². The van der Waals surface area contributed by atoms with Crippen LogP contribution in [0.5, 0.6) is 0 Å². The zero-order valence-corrected chi connectivity index (χ0v) is 14.2. The zero-order chi connectivity index (χ0) is 14.5. The number of hydrogen-bond donors (Lipinski definition) is 1. The molecular formula is C18H29NS. The molecule has 0 aromatic heterocycles. The molecule has 20 heavy (non-hydrogen) atoms. The molecular weight excluding hydrogens is 262 g/mol. The number of thioether (sulfide) groups is 1. The van der Waals surface area contributed by atoms with Crippen molar-refractivity contribution >= 4 is 11.8 Å². The predicted molar refractivity (Wildman–Crippen MR) is 91.6 cm³/mol. The van der Waals surface area contributed by atoms with Crippen LogP contribution in [0.15, 0.2) is 24.3 Å². The molecule has 1 fully saturated rings. The van der Waals surface area contributed by atoms with Crippen LogP contribution < -0.4 is 5.32 Å². The summed E-state index contributed by atoms with van der Waals surface area (Å²) in [5.41, 5.74) is 2.85. The third-order valence-corrected chi connectivity index (χ3v) is 5.61. The Morgan fingerprint density at radius 1 is 1.10 bits per heavy atom. The molecule has 0 spiro atoms. The van der Waals surface area contributed by atoms with Crippen LogP contribution in [0.1, 0.15) is 70.0 Å². The summed E-state index contributed by atoms with van der Waals surface area (Å²) in [6.45, 7) is 9.07. The monoisotopic (exact) mass is 291 g/mol. The van der Waals surface area contributed by atoms with E-state index in [0.717, 1.165) is 5.25 Å². The van der Waals surface area contributed by atoms with Gasteiger partial charge in [0.1, 0.15) is 0 Å². The molecule has 1 N–H and O–H groups in total. The van der Waals surface area contributed by atoms with Crippen LogP contribution in [-0.2, 0) is 0 Å². The van der Waals surface area contributed by atoms with Crippen molar-refractivity contribution in [3.05, 3.63) is 35.4 Å². The summed E-state index contributed by atoms with van der Waals surface area (Å²) < 4.78 is 0. The maximum Gasteiger partial charge on any atom is 0.0294 e. The first kappa shape index (κ1) is 15.9. The molecule has 1 aliphatic carbocycles. The van der Waals surface area contributed by atoms with Gasteiger partial charge in [-0.2, -0.15) is 11.8 Å². The highest BCUT2D eigenvalue weighted by atomic mass is 32.2. The van der Waals surface area contributed by atoms with E-state index in [-0.39, 0.29) is 0 Å². The van der Waals surface area contributed by atoms with E-state index in [2.05, 4.69) is 69.0 Å². The standard InChI is InChI=1S/C18H29NS/c1-5-20-18-11-10-17(12-18)19-14(4)16-8-6-15(7-9-16)13(2)3/h6-9,13-14,17-19H,5,10-12H2,1-4H3. The second-order valence-corrected chi connectivity index (χ2v) is 7.87. The predicted octanol–water partition coefficient (Wildman–Crippen LogP) is 5.13. The van der Waals surface area contributed by atoms with Crippen molar-refractivity contribution in [2.75, 3.05) is 5.75 Å². The molecule has 1 saturated carbocycles. The highest BCUT2D eigenvalue weighted by Gasteiger charge is 2.25. The van der Waals surface area contributed by atoms with Gasteiger partial charge in [-0.05, 0) is 49.0 Å². The number of benzene rings is 1. The molecule has 3 atom stereocenters. The van der Waals surface area contributed by atoms with Crippen LogP contribution in [0.4, 0.5) is 0 Å². The van der Waals surface area contributed by atoms with Crippen LogP contribution in [0.3, 0.4) is 0 Å². The molecule has 0 saturated heterocycles. The molecule has 0 radical (unpaired) electrons. The highest BCUT2D eigenvalue weighted by molar-refractivity contribution is 7.99. The van der Waals surface area contributed by atoms with E-state index in [1.165, 1.54) is 36.1 Å². The van der Waals surface area contributed by atoms with E-state index in [4.69, 9.17) is 0 Å². The van der Waals surface area contributed by atoms with Crippen molar-refractivity contribution in [1.29, 1.82) is 0 Å². The Kier molecular flexibility index (Phi) is 5.98. The molecule has 1 aromatic carbocycles. The summed E-state index contributed by atoms with van der Waals surface area (Å²) in [6.07, 6.45) is 4.06. The van der Waals surface area contributed by atoms with E-state index >= 15 is 0 Å². The van der Waals surface area contributed by atoms with Gasteiger partial charge in [0, 0.05) is 17.3 Å². The summed E-state index contributed by atoms with van der Waals surface area (Å²) in [6, 6.07) is 10.3. The lowest BCUT2D eigenvalue weighted by molar-refractivity contribution is 0.462. The van der Waals surface area contributed by atoms with Crippen LogP contribution >= 0.6 is 11.8 Å². The van der Waals surface area contributed by atoms with E-state index in [9.17, 15) is 0 Å². The Morgan fingerprint density at radius 2 is 1.75 bits per heavy atom. The summed E-state index contributed by atoms with van der Waals surface area (Å²) in [5.74, 6) is 1.87. The van der Waals surface area contributed by atoms with Gasteiger partial charge in [-0.15, -0.1) is 0 Å². The van der Waals surface area contributed by atoms with Gasteiger partial charge in [0.25, 0.3) is 0 Å². The Balaban J connectivity index is 1.87. The fourth-order valence-electron chi connectivity index (χ4n) is 3.10. The van der Waals surface area contributed by atoms with Crippen molar-refractivity contribution in [3.63, 3.8) is 0 Å². The molecule has 3 unspecified atom stereocenters. The van der Waals surface area contributed by atoms with Gasteiger partial charge >= 0.3 is 0 Å². The van der Waals surface area contributed by atoms with Gasteiger partial charge in [0.15, 0.2) is 0 Å². The highest BCUT2D eigenvalue weighted by Crippen LogP contribution is 2.31. The van der Waals surface area contributed by atoms with Gasteiger partial charge in [-0.1, -0.05) is 45.0 Å². The number of rotatable bonds is 6. The minimum absolute atomic E-state index is 0.464. The quantitative estimate of drug-likeness (QED) is 0.779. The lowest BCUT2D eigenvalue weighted by Gasteiger charge is -2.20. The molecule has 0 bridgehead atoms. The largest absolute Gasteiger partial charge is 0.307 e. The van der Waals surface area contributed by atoms with Gasteiger partial charge in [-0.25, -0.2) is 0 Å². The second-order valence-electron chi connectivity index (χ2n) is 6.30. The maximum atomic E-state index is 3.82. The molecule has 112 valence electrons. The topological polar surface area (TPSA) is 12.0 Å². The lowest BCUT2D eigenvalue weighted by atomic mass is 9.99. The third kappa shape index (κ3) is 4.26. The van der Waals surface area contributed by atoms with Crippen LogP contribution in [-0.4, -0.2) is 17.0 Å². The Morgan fingerprint density at radius 3 is 2.35 bits per heavy atom. The lowest BCUT2D eigenvalue weighted by Crippen LogP contribution is -2.29. The fraction of sp³-hybridized carbons (Fsp3) is 0.667. The third-order valence-electron chi connectivity index (χ3n) is 4.38.